The molecule has 17 heavy (non-hydrogen) atoms. The predicted molar refractivity (Wildman–Crippen MR) is 68.9 cm³/mol. The molecule has 0 saturated carbocycles. The van der Waals surface area contributed by atoms with E-state index in [0.29, 0.717) is 17.4 Å². The van der Waals surface area contributed by atoms with E-state index < -0.39 is 9.84 Å². The minimum absolute atomic E-state index is 0.0444. The van der Waals surface area contributed by atoms with Gasteiger partial charge in [-0.25, -0.2) is 8.42 Å². The Morgan fingerprint density at radius 2 is 1.76 bits per heavy atom. The lowest BCUT2D eigenvalue weighted by molar-refractivity contribution is 0.123. The maximum absolute atomic E-state index is 11.9. The molecule has 0 atom stereocenters. The number of hydrogen-bond donors (Lipinski definition) is 0. The van der Waals surface area contributed by atoms with Crippen LogP contribution in [0.3, 0.4) is 0 Å². The van der Waals surface area contributed by atoms with Gasteiger partial charge in [-0.05, 0) is 25.0 Å². The van der Waals surface area contributed by atoms with Crippen LogP contribution in [0.4, 0.5) is 0 Å². The monoisotopic (exact) mass is 256 g/mol. The van der Waals surface area contributed by atoms with Crippen LogP contribution in [0, 0.1) is 12.8 Å². The Bertz CT molecular complexity index is 432. The number of benzene rings is 1. The summed E-state index contributed by atoms with van der Waals surface area (Å²) < 4.78 is 29.1. The molecule has 96 valence electrons. The smallest absolute Gasteiger partial charge is 0.180 e. The lowest BCUT2D eigenvalue weighted by atomic mass is 10.2. The van der Waals surface area contributed by atoms with E-state index in [1.54, 1.807) is 12.1 Å². The molecule has 0 saturated heterocycles. The van der Waals surface area contributed by atoms with Gasteiger partial charge in [0.2, 0.25) is 0 Å². The van der Waals surface area contributed by atoms with Crippen LogP contribution in [0.25, 0.3) is 0 Å². The molecule has 3 nitrogen and oxygen atoms in total. The minimum Gasteiger partial charge on any atom is -0.380 e. The zero-order chi connectivity index (χ0) is 12.9. The van der Waals surface area contributed by atoms with Gasteiger partial charge in [0, 0.05) is 6.61 Å². The van der Waals surface area contributed by atoms with Gasteiger partial charge in [-0.3, -0.25) is 0 Å². The van der Waals surface area contributed by atoms with Crippen LogP contribution >= 0.6 is 0 Å². The van der Waals surface area contributed by atoms with E-state index in [-0.39, 0.29) is 12.4 Å². The molecule has 1 rings (SSSR count). The quantitative estimate of drug-likeness (QED) is 0.734. The fourth-order valence-electron chi connectivity index (χ4n) is 1.35. The summed E-state index contributed by atoms with van der Waals surface area (Å²) in [5.41, 5.74) is 1.06. The van der Waals surface area contributed by atoms with Gasteiger partial charge in [0.05, 0.1) is 17.3 Å². The first-order valence-corrected chi connectivity index (χ1v) is 7.44. The third-order valence-corrected chi connectivity index (χ3v) is 4.02. The van der Waals surface area contributed by atoms with E-state index >= 15 is 0 Å². The summed E-state index contributed by atoms with van der Waals surface area (Å²) in [5.74, 6) is 0.472. The van der Waals surface area contributed by atoms with Crippen molar-refractivity contribution >= 4 is 9.84 Å². The van der Waals surface area contributed by atoms with Crippen LogP contribution in [0.2, 0.25) is 0 Å². The fourth-order valence-corrected chi connectivity index (χ4v) is 2.47. The molecule has 4 heteroatoms. The highest BCUT2D eigenvalue weighted by molar-refractivity contribution is 7.91. The van der Waals surface area contributed by atoms with E-state index in [0.717, 1.165) is 5.56 Å². The first kappa shape index (κ1) is 14.2. The topological polar surface area (TPSA) is 43.4 Å². The van der Waals surface area contributed by atoms with Gasteiger partial charge < -0.3 is 4.74 Å². The maximum atomic E-state index is 11.9. The Balaban J connectivity index is 2.54. The summed E-state index contributed by atoms with van der Waals surface area (Å²) in [6.45, 7) is 6.86. The number of ether oxygens (including phenoxy) is 1. The van der Waals surface area contributed by atoms with E-state index in [4.69, 9.17) is 4.74 Å². The van der Waals surface area contributed by atoms with Gasteiger partial charge >= 0.3 is 0 Å². The van der Waals surface area contributed by atoms with E-state index in [1.807, 2.05) is 32.9 Å². The van der Waals surface area contributed by atoms with Crippen LogP contribution in [0.1, 0.15) is 19.4 Å². The summed E-state index contributed by atoms with van der Waals surface area (Å²) in [4.78, 5) is 0.372. The van der Waals surface area contributed by atoms with Gasteiger partial charge in [0.15, 0.2) is 9.84 Å². The molecule has 0 aliphatic carbocycles. The zero-order valence-electron chi connectivity index (χ0n) is 10.6. The maximum Gasteiger partial charge on any atom is 0.180 e. The average Bonchev–Trinajstić information content (AvgIpc) is 2.25. The second-order valence-electron chi connectivity index (χ2n) is 4.60. The Morgan fingerprint density at radius 3 is 2.29 bits per heavy atom. The summed E-state index contributed by atoms with van der Waals surface area (Å²) in [5, 5.41) is 0. The first-order chi connectivity index (χ1) is 7.92. The normalized spacial score (nSPS) is 12.0. The second-order valence-corrected chi connectivity index (χ2v) is 6.71. The molecule has 0 bridgehead atoms. The lowest BCUT2D eigenvalue weighted by Crippen LogP contribution is -2.14. The van der Waals surface area contributed by atoms with Gasteiger partial charge in [-0.1, -0.05) is 31.5 Å². The molecule has 0 amide bonds. The molecule has 1 aromatic rings. The average molecular weight is 256 g/mol. The third-order valence-electron chi connectivity index (χ3n) is 2.33. The van der Waals surface area contributed by atoms with Crippen molar-refractivity contribution < 1.29 is 13.2 Å². The van der Waals surface area contributed by atoms with Gasteiger partial charge in [0.1, 0.15) is 0 Å². The number of aryl methyl sites for hydroxylation is 1. The van der Waals surface area contributed by atoms with Crippen LogP contribution in [0.5, 0.6) is 0 Å². The summed E-state index contributed by atoms with van der Waals surface area (Å²) >= 11 is 0. The van der Waals surface area contributed by atoms with Crippen molar-refractivity contribution in [3.05, 3.63) is 29.8 Å². The lowest BCUT2D eigenvalue weighted by Gasteiger charge is -2.07. The van der Waals surface area contributed by atoms with Crippen molar-refractivity contribution in [3.63, 3.8) is 0 Å². The zero-order valence-corrected chi connectivity index (χ0v) is 11.5. The molecule has 1 aromatic carbocycles. The van der Waals surface area contributed by atoms with Crippen molar-refractivity contribution in [2.75, 3.05) is 19.0 Å². The molecule has 0 N–H and O–H groups in total. The molecular weight excluding hydrogens is 236 g/mol. The fraction of sp³-hybridized carbons (Fsp3) is 0.538. The summed E-state index contributed by atoms with van der Waals surface area (Å²) in [6, 6.07) is 6.91. The Kier molecular flexibility index (Phi) is 5.15. The van der Waals surface area contributed by atoms with Crippen molar-refractivity contribution in [3.8, 4) is 0 Å². The highest BCUT2D eigenvalue weighted by Crippen LogP contribution is 2.12. The van der Waals surface area contributed by atoms with Crippen molar-refractivity contribution in [1.29, 1.82) is 0 Å². The molecule has 0 fully saturated rings. The van der Waals surface area contributed by atoms with Crippen molar-refractivity contribution in [1.82, 2.24) is 0 Å². The summed E-state index contributed by atoms with van der Waals surface area (Å²) in [6.07, 6.45) is 0. The summed E-state index contributed by atoms with van der Waals surface area (Å²) in [7, 11) is -3.20. The third kappa shape index (κ3) is 4.88. The molecular formula is C13H20O3S. The molecule has 0 unspecified atom stereocenters. The molecule has 0 aromatic heterocycles. The van der Waals surface area contributed by atoms with Gasteiger partial charge in [-0.2, -0.15) is 0 Å². The number of sulfone groups is 1. The van der Waals surface area contributed by atoms with Crippen LogP contribution in [-0.4, -0.2) is 27.4 Å². The Labute approximate surface area is 104 Å². The molecule has 0 aliphatic rings. The number of hydrogen-bond acceptors (Lipinski definition) is 3. The largest absolute Gasteiger partial charge is 0.380 e. The predicted octanol–water partition coefficient (Wildman–Crippen LogP) is 2.44. The first-order valence-electron chi connectivity index (χ1n) is 5.79. The highest BCUT2D eigenvalue weighted by Gasteiger charge is 2.13. The molecule has 0 heterocycles. The van der Waals surface area contributed by atoms with Gasteiger partial charge in [-0.15, -0.1) is 0 Å². The molecule has 0 radical (unpaired) electrons. The molecule has 0 spiro atoms. The highest BCUT2D eigenvalue weighted by atomic mass is 32.2. The van der Waals surface area contributed by atoms with E-state index in [9.17, 15) is 8.42 Å². The van der Waals surface area contributed by atoms with E-state index in [1.165, 1.54) is 0 Å². The van der Waals surface area contributed by atoms with Crippen molar-refractivity contribution in [2.24, 2.45) is 5.92 Å². The molecule has 0 aliphatic heterocycles. The van der Waals surface area contributed by atoms with Gasteiger partial charge in [0.25, 0.3) is 0 Å². The number of rotatable bonds is 6. The van der Waals surface area contributed by atoms with Crippen LogP contribution in [-0.2, 0) is 14.6 Å². The van der Waals surface area contributed by atoms with Crippen LogP contribution < -0.4 is 0 Å². The van der Waals surface area contributed by atoms with Crippen molar-refractivity contribution in [2.45, 2.75) is 25.7 Å². The van der Waals surface area contributed by atoms with Crippen LogP contribution in [0.15, 0.2) is 29.2 Å². The Morgan fingerprint density at radius 1 is 1.18 bits per heavy atom. The minimum atomic E-state index is -3.20. The van der Waals surface area contributed by atoms with E-state index in [2.05, 4.69) is 0 Å². The standard InChI is InChI=1S/C13H20O3S/c1-11(2)10-16-8-9-17(14,15)13-6-4-12(3)5-7-13/h4-7,11H,8-10H2,1-3H3. The Hall–Kier alpha value is -0.870. The second kappa shape index (κ2) is 6.17. The SMILES string of the molecule is Cc1ccc(S(=O)(=O)CCOCC(C)C)cc1.